The van der Waals surface area contributed by atoms with Crippen molar-refractivity contribution in [1.82, 2.24) is 0 Å². The largest absolute Gasteiger partial charge is 0.398 e. The number of anilines is 2. The number of rotatable bonds is 4. The van der Waals surface area contributed by atoms with Crippen molar-refractivity contribution >= 4 is 37.3 Å². The molecule has 0 atom stereocenters. The van der Waals surface area contributed by atoms with Gasteiger partial charge in [0, 0.05) is 16.7 Å². The maximum atomic E-state index is 12.7. The minimum absolute atomic E-state index is 0.184. The van der Waals surface area contributed by atoms with Crippen molar-refractivity contribution in [1.29, 1.82) is 0 Å². The second-order valence-corrected chi connectivity index (χ2v) is 6.91. The molecule has 106 valence electrons. The van der Waals surface area contributed by atoms with Crippen LogP contribution in [0.2, 0.25) is 0 Å². The molecule has 4 nitrogen and oxygen atoms in total. The number of nitrogens with two attached hydrogens (primary N) is 1. The third-order valence-electron chi connectivity index (χ3n) is 2.89. The number of halogens is 1. The first-order chi connectivity index (χ1) is 9.46. The summed E-state index contributed by atoms with van der Waals surface area (Å²) in [6.45, 7) is 2.15. The molecule has 0 heterocycles. The second kappa shape index (κ2) is 5.85. The summed E-state index contributed by atoms with van der Waals surface area (Å²) >= 11 is 3.26. The van der Waals surface area contributed by atoms with Crippen molar-refractivity contribution in [2.75, 3.05) is 16.6 Å². The summed E-state index contributed by atoms with van der Waals surface area (Å²) < 4.78 is 27.4. The smallest absolute Gasteiger partial charge is 0.264 e. The molecule has 2 aromatic rings. The summed E-state index contributed by atoms with van der Waals surface area (Å²) in [6.07, 6.45) is 0. The Kier molecular flexibility index (Phi) is 4.35. The normalized spacial score (nSPS) is 11.3. The number of hydrogen-bond acceptors (Lipinski definition) is 3. The van der Waals surface area contributed by atoms with E-state index in [4.69, 9.17) is 5.73 Å². The van der Waals surface area contributed by atoms with E-state index < -0.39 is 10.0 Å². The van der Waals surface area contributed by atoms with E-state index in [0.717, 1.165) is 0 Å². The van der Waals surface area contributed by atoms with E-state index in [1.807, 2.05) is 18.2 Å². The molecule has 0 aromatic heterocycles. The Morgan fingerprint density at radius 2 is 1.80 bits per heavy atom. The maximum absolute atomic E-state index is 12.7. The van der Waals surface area contributed by atoms with Crippen molar-refractivity contribution in [2.45, 2.75) is 11.8 Å². The maximum Gasteiger partial charge on any atom is 0.264 e. The fraction of sp³-hybridized carbons (Fsp3) is 0.143. The first-order valence-corrected chi connectivity index (χ1v) is 8.33. The van der Waals surface area contributed by atoms with E-state index in [-0.39, 0.29) is 4.90 Å². The fourth-order valence-corrected chi connectivity index (χ4v) is 3.65. The minimum Gasteiger partial charge on any atom is -0.398 e. The standard InChI is InChI=1S/C14H15BrN2O2S/c1-2-17(11-6-4-3-5-7-11)20(18,19)12-8-9-13(15)14(16)10-12/h3-10H,2,16H2,1H3. The molecule has 0 aliphatic carbocycles. The van der Waals surface area contributed by atoms with Crippen LogP contribution in [-0.4, -0.2) is 15.0 Å². The van der Waals surface area contributed by atoms with Crippen molar-refractivity contribution in [2.24, 2.45) is 0 Å². The lowest BCUT2D eigenvalue weighted by Gasteiger charge is -2.23. The quantitative estimate of drug-likeness (QED) is 0.857. The molecule has 0 unspecified atom stereocenters. The van der Waals surface area contributed by atoms with Crippen molar-refractivity contribution in [3.63, 3.8) is 0 Å². The van der Waals surface area contributed by atoms with Crippen LogP contribution in [0.25, 0.3) is 0 Å². The first kappa shape index (κ1) is 14.9. The van der Waals surface area contributed by atoms with Crippen LogP contribution >= 0.6 is 15.9 Å². The van der Waals surface area contributed by atoms with Gasteiger partial charge in [-0.05, 0) is 53.2 Å². The molecular weight excluding hydrogens is 340 g/mol. The van der Waals surface area contributed by atoms with E-state index in [9.17, 15) is 8.42 Å². The zero-order valence-corrected chi connectivity index (χ0v) is 13.4. The molecule has 0 radical (unpaired) electrons. The molecule has 2 aromatic carbocycles. The zero-order valence-electron chi connectivity index (χ0n) is 11.0. The third-order valence-corrected chi connectivity index (χ3v) is 5.51. The van der Waals surface area contributed by atoms with Crippen molar-refractivity contribution < 1.29 is 8.42 Å². The minimum atomic E-state index is -3.61. The van der Waals surface area contributed by atoms with Crippen LogP contribution in [0.15, 0.2) is 57.9 Å². The zero-order chi connectivity index (χ0) is 14.8. The van der Waals surface area contributed by atoms with Gasteiger partial charge in [0.25, 0.3) is 10.0 Å². The molecule has 6 heteroatoms. The van der Waals surface area contributed by atoms with Gasteiger partial charge in [0.1, 0.15) is 0 Å². The fourth-order valence-electron chi connectivity index (χ4n) is 1.90. The monoisotopic (exact) mass is 354 g/mol. The molecule has 0 bridgehead atoms. The molecular formula is C14H15BrN2O2S. The average molecular weight is 355 g/mol. The van der Waals surface area contributed by atoms with Crippen LogP contribution in [0.5, 0.6) is 0 Å². The molecule has 0 spiro atoms. The van der Waals surface area contributed by atoms with Gasteiger partial charge in [-0.3, -0.25) is 4.31 Å². The highest BCUT2D eigenvalue weighted by atomic mass is 79.9. The lowest BCUT2D eigenvalue weighted by atomic mass is 10.3. The van der Waals surface area contributed by atoms with Crippen LogP contribution in [-0.2, 0) is 10.0 Å². The SMILES string of the molecule is CCN(c1ccccc1)S(=O)(=O)c1ccc(Br)c(N)c1. The van der Waals surface area contributed by atoms with Gasteiger partial charge in [-0.25, -0.2) is 8.42 Å². The average Bonchev–Trinajstić information content (AvgIpc) is 2.43. The van der Waals surface area contributed by atoms with Gasteiger partial charge in [0.05, 0.1) is 10.6 Å². The number of nitrogens with zero attached hydrogens (tertiary/aromatic N) is 1. The topological polar surface area (TPSA) is 63.4 Å². The van der Waals surface area contributed by atoms with E-state index in [1.54, 1.807) is 31.2 Å². The molecule has 2 rings (SSSR count). The van der Waals surface area contributed by atoms with Gasteiger partial charge in [0.2, 0.25) is 0 Å². The highest BCUT2D eigenvalue weighted by Gasteiger charge is 2.23. The van der Waals surface area contributed by atoms with Gasteiger partial charge in [0.15, 0.2) is 0 Å². The number of para-hydroxylation sites is 1. The Labute approximate surface area is 127 Å². The second-order valence-electron chi connectivity index (χ2n) is 4.19. The van der Waals surface area contributed by atoms with Crippen molar-refractivity contribution in [3.8, 4) is 0 Å². The van der Waals surface area contributed by atoms with Crippen molar-refractivity contribution in [3.05, 3.63) is 53.0 Å². The Bertz CT molecular complexity index is 702. The Morgan fingerprint density at radius 1 is 1.15 bits per heavy atom. The highest BCUT2D eigenvalue weighted by molar-refractivity contribution is 9.10. The Hall–Kier alpha value is -1.53. The van der Waals surface area contributed by atoms with Crippen LogP contribution in [0.1, 0.15) is 6.92 Å². The number of benzene rings is 2. The predicted molar refractivity (Wildman–Crippen MR) is 85.2 cm³/mol. The highest BCUT2D eigenvalue weighted by Crippen LogP contribution is 2.27. The van der Waals surface area contributed by atoms with Gasteiger partial charge >= 0.3 is 0 Å². The lowest BCUT2D eigenvalue weighted by molar-refractivity contribution is 0.592. The molecule has 0 fully saturated rings. The summed E-state index contributed by atoms with van der Waals surface area (Å²) in [6, 6.07) is 13.6. The molecule has 20 heavy (non-hydrogen) atoms. The number of sulfonamides is 1. The molecule has 0 aliphatic heterocycles. The molecule has 0 aliphatic rings. The van der Waals surface area contributed by atoms with E-state index in [1.165, 1.54) is 10.4 Å². The summed E-state index contributed by atoms with van der Waals surface area (Å²) in [5.41, 5.74) is 6.80. The Balaban J connectivity index is 2.50. The van der Waals surface area contributed by atoms with E-state index in [2.05, 4.69) is 15.9 Å². The lowest BCUT2D eigenvalue weighted by Crippen LogP contribution is -2.30. The summed E-state index contributed by atoms with van der Waals surface area (Å²) in [4.78, 5) is 0.184. The van der Waals surface area contributed by atoms with Gasteiger partial charge < -0.3 is 5.73 Å². The Morgan fingerprint density at radius 3 is 2.35 bits per heavy atom. The van der Waals surface area contributed by atoms with Gasteiger partial charge in [-0.1, -0.05) is 18.2 Å². The summed E-state index contributed by atoms with van der Waals surface area (Å²) in [7, 11) is -3.61. The van der Waals surface area contributed by atoms with Crippen LogP contribution in [0.3, 0.4) is 0 Å². The predicted octanol–water partition coefficient (Wildman–Crippen LogP) is 3.25. The van der Waals surface area contributed by atoms with Gasteiger partial charge in [-0.15, -0.1) is 0 Å². The van der Waals surface area contributed by atoms with Crippen LogP contribution in [0.4, 0.5) is 11.4 Å². The van der Waals surface area contributed by atoms with Gasteiger partial charge in [-0.2, -0.15) is 0 Å². The molecule has 0 saturated carbocycles. The van der Waals surface area contributed by atoms with Crippen LogP contribution < -0.4 is 10.0 Å². The van der Waals surface area contributed by atoms with Crippen LogP contribution in [0, 0.1) is 0 Å². The number of hydrogen-bond donors (Lipinski definition) is 1. The molecule has 0 saturated heterocycles. The summed E-state index contributed by atoms with van der Waals surface area (Å²) in [5, 5.41) is 0. The third kappa shape index (κ3) is 2.81. The van der Waals surface area contributed by atoms with E-state index in [0.29, 0.717) is 22.4 Å². The summed E-state index contributed by atoms with van der Waals surface area (Å²) in [5.74, 6) is 0. The number of nitrogen functional groups attached to an aromatic ring is 1. The van der Waals surface area contributed by atoms with E-state index >= 15 is 0 Å². The first-order valence-electron chi connectivity index (χ1n) is 6.09. The molecule has 2 N–H and O–H groups in total. The molecule has 0 amide bonds.